The number of nitrogens with two attached hydrogens (primary N) is 1. The monoisotopic (exact) mass is 380 g/mol. The highest BCUT2D eigenvalue weighted by Gasteiger charge is 2.16. The first kappa shape index (κ1) is 19.9. The van der Waals surface area contributed by atoms with Crippen LogP contribution in [0.15, 0.2) is 30.5 Å². The van der Waals surface area contributed by atoms with Gasteiger partial charge in [-0.15, -0.1) is 0 Å². The molecule has 142 valence electrons. The van der Waals surface area contributed by atoms with Gasteiger partial charge in [-0.2, -0.15) is 0 Å². The molecule has 0 saturated carbocycles. The number of nitrogens with zero attached hydrogens (tertiary/aromatic N) is 2. The Morgan fingerprint density at radius 2 is 2.00 bits per heavy atom. The topological polar surface area (TPSA) is 114 Å². The van der Waals surface area contributed by atoms with E-state index in [4.69, 9.17) is 5.73 Å². The molecule has 0 spiro atoms. The Labute approximate surface area is 153 Å². The molecule has 0 saturated heterocycles. The molecule has 1 aromatic heterocycles. The maximum absolute atomic E-state index is 12.3. The van der Waals surface area contributed by atoms with Crippen molar-refractivity contribution in [3.63, 3.8) is 0 Å². The Balaban J connectivity index is 2.23. The van der Waals surface area contributed by atoms with Crippen LogP contribution < -0.4 is 10.5 Å². The van der Waals surface area contributed by atoms with E-state index < -0.39 is 15.9 Å². The Morgan fingerprint density at radius 3 is 2.58 bits per heavy atom. The van der Waals surface area contributed by atoms with Crippen molar-refractivity contribution < 1.29 is 18.0 Å². The second-order valence-corrected chi connectivity index (χ2v) is 8.14. The van der Waals surface area contributed by atoms with Crippen LogP contribution in [0.2, 0.25) is 0 Å². The molecule has 0 radical (unpaired) electrons. The minimum atomic E-state index is -3.28. The van der Waals surface area contributed by atoms with Gasteiger partial charge < -0.3 is 15.2 Å². The van der Waals surface area contributed by atoms with Gasteiger partial charge in [0.05, 0.1) is 12.8 Å². The standard InChI is InChI=1S/C17H24N4O4S/c1-4-14(19-26(3,24)25)10-21-8-7-12-9-13(5-6-15(12)21)17(23)20(2)11-16(18)22/h5-9,14,19H,4,10-11H2,1-3H3,(H2,18,22)/t14-/m0/s1. The fourth-order valence-electron chi connectivity index (χ4n) is 2.81. The molecule has 1 atom stereocenters. The number of aromatic nitrogens is 1. The fourth-order valence-corrected chi connectivity index (χ4v) is 3.65. The van der Waals surface area contributed by atoms with Crippen molar-refractivity contribution >= 4 is 32.7 Å². The maximum atomic E-state index is 12.3. The van der Waals surface area contributed by atoms with Crippen molar-refractivity contribution in [1.82, 2.24) is 14.2 Å². The van der Waals surface area contributed by atoms with Crippen LogP contribution >= 0.6 is 0 Å². The summed E-state index contributed by atoms with van der Waals surface area (Å²) in [6.45, 7) is 2.26. The first-order valence-corrected chi connectivity index (χ1v) is 10.1. The Morgan fingerprint density at radius 1 is 1.31 bits per heavy atom. The number of primary amides is 1. The van der Waals surface area contributed by atoms with Crippen molar-refractivity contribution in [2.45, 2.75) is 25.9 Å². The largest absolute Gasteiger partial charge is 0.368 e. The molecule has 0 aliphatic rings. The second-order valence-electron chi connectivity index (χ2n) is 6.36. The van der Waals surface area contributed by atoms with Gasteiger partial charge in [-0.3, -0.25) is 9.59 Å². The average Bonchev–Trinajstić information content (AvgIpc) is 2.93. The third-order valence-electron chi connectivity index (χ3n) is 4.05. The third-order valence-corrected chi connectivity index (χ3v) is 4.81. The van der Waals surface area contributed by atoms with Gasteiger partial charge in [0.2, 0.25) is 15.9 Å². The van der Waals surface area contributed by atoms with Crippen molar-refractivity contribution in [3.05, 3.63) is 36.0 Å². The molecule has 2 aromatic rings. The summed E-state index contributed by atoms with van der Waals surface area (Å²) in [5.74, 6) is -0.860. The van der Waals surface area contributed by atoms with Gasteiger partial charge in [0.15, 0.2) is 0 Å². The lowest BCUT2D eigenvalue weighted by Gasteiger charge is -2.17. The molecule has 1 aromatic carbocycles. The lowest BCUT2D eigenvalue weighted by atomic mass is 10.1. The van der Waals surface area contributed by atoms with Gasteiger partial charge in [0, 0.05) is 42.3 Å². The van der Waals surface area contributed by atoms with Crippen LogP contribution in [0.1, 0.15) is 23.7 Å². The normalized spacial score (nSPS) is 12.9. The highest BCUT2D eigenvalue weighted by molar-refractivity contribution is 7.88. The molecule has 8 nitrogen and oxygen atoms in total. The highest BCUT2D eigenvalue weighted by Crippen LogP contribution is 2.19. The van der Waals surface area contributed by atoms with Crippen molar-refractivity contribution in [2.24, 2.45) is 5.73 Å². The number of hydrogen-bond acceptors (Lipinski definition) is 4. The molecule has 0 bridgehead atoms. The Kier molecular flexibility index (Phi) is 6.04. The molecule has 9 heteroatoms. The zero-order valence-corrected chi connectivity index (χ0v) is 15.9. The molecule has 0 aliphatic carbocycles. The predicted octanol–water partition coefficient (Wildman–Crippen LogP) is 0.526. The summed E-state index contributed by atoms with van der Waals surface area (Å²) in [7, 11) is -1.76. The van der Waals surface area contributed by atoms with E-state index >= 15 is 0 Å². The lowest BCUT2D eigenvalue weighted by molar-refractivity contribution is -0.118. The van der Waals surface area contributed by atoms with Crippen LogP contribution in [0.3, 0.4) is 0 Å². The second kappa shape index (κ2) is 7.88. The smallest absolute Gasteiger partial charge is 0.254 e. The fraction of sp³-hybridized carbons (Fsp3) is 0.412. The summed E-state index contributed by atoms with van der Waals surface area (Å²) in [6.07, 6.45) is 3.66. The molecule has 2 amide bonds. The number of nitrogens with one attached hydrogen (secondary N) is 1. The van der Waals surface area contributed by atoms with E-state index in [2.05, 4.69) is 4.72 Å². The highest BCUT2D eigenvalue weighted by atomic mass is 32.2. The first-order chi connectivity index (χ1) is 12.1. The Hall–Kier alpha value is -2.39. The number of amides is 2. The summed E-state index contributed by atoms with van der Waals surface area (Å²) < 4.78 is 27.5. The van der Waals surface area contributed by atoms with Crippen LogP contribution in [-0.2, 0) is 21.4 Å². The van der Waals surface area contributed by atoms with Gasteiger partial charge in [-0.1, -0.05) is 6.92 Å². The van der Waals surface area contributed by atoms with Gasteiger partial charge in [0.25, 0.3) is 5.91 Å². The van der Waals surface area contributed by atoms with Crippen molar-refractivity contribution in [3.8, 4) is 0 Å². The first-order valence-electron chi connectivity index (χ1n) is 8.20. The molecule has 0 fully saturated rings. The van der Waals surface area contributed by atoms with Gasteiger partial charge >= 0.3 is 0 Å². The predicted molar refractivity (Wildman–Crippen MR) is 100 cm³/mol. The van der Waals surface area contributed by atoms with E-state index in [0.717, 1.165) is 17.2 Å². The minimum absolute atomic E-state index is 0.146. The van der Waals surface area contributed by atoms with Crippen LogP contribution in [0.5, 0.6) is 0 Å². The molecule has 2 rings (SSSR count). The van der Waals surface area contributed by atoms with Crippen LogP contribution in [0.25, 0.3) is 10.9 Å². The van der Waals surface area contributed by atoms with E-state index in [1.165, 1.54) is 11.9 Å². The molecule has 0 unspecified atom stereocenters. The van der Waals surface area contributed by atoms with Crippen LogP contribution in [0.4, 0.5) is 0 Å². The molecule has 1 heterocycles. The van der Waals surface area contributed by atoms with Gasteiger partial charge in [-0.25, -0.2) is 13.1 Å². The number of sulfonamides is 1. The number of fused-ring (bicyclic) bond motifs is 1. The summed E-state index contributed by atoms with van der Waals surface area (Å²) in [4.78, 5) is 24.6. The molecule has 0 aliphatic heterocycles. The van der Waals surface area contributed by atoms with E-state index in [1.54, 1.807) is 12.1 Å². The SMILES string of the molecule is CC[C@@H](Cn1ccc2cc(C(=O)N(C)CC(N)=O)ccc21)NS(C)(=O)=O. The number of likely N-dealkylation sites (N-methyl/N-ethyl adjacent to an activating group) is 1. The number of carbonyl (C=O) groups is 2. The summed E-state index contributed by atoms with van der Waals surface area (Å²) in [5, 5.41) is 0.859. The zero-order valence-electron chi connectivity index (χ0n) is 15.1. The van der Waals surface area contributed by atoms with Crippen molar-refractivity contribution in [2.75, 3.05) is 19.8 Å². The Bertz CT molecular complexity index is 920. The average molecular weight is 380 g/mol. The van der Waals surface area contributed by atoms with E-state index in [9.17, 15) is 18.0 Å². The summed E-state index contributed by atoms with van der Waals surface area (Å²) in [6, 6.07) is 6.89. The lowest BCUT2D eigenvalue weighted by Crippen LogP contribution is -2.36. The molecule has 26 heavy (non-hydrogen) atoms. The number of benzene rings is 1. The maximum Gasteiger partial charge on any atom is 0.254 e. The third kappa shape index (κ3) is 5.06. The minimum Gasteiger partial charge on any atom is -0.368 e. The van der Waals surface area contributed by atoms with Gasteiger partial charge in [0.1, 0.15) is 0 Å². The van der Waals surface area contributed by atoms with Gasteiger partial charge in [-0.05, 0) is 30.7 Å². The molecular weight excluding hydrogens is 356 g/mol. The van der Waals surface area contributed by atoms with Crippen LogP contribution in [-0.4, -0.2) is 55.6 Å². The van der Waals surface area contributed by atoms with E-state index in [1.807, 2.05) is 29.8 Å². The number of hydrogen-bond donors (Lipinski definition) is 2. The molecule has 3 N–H and O–H groups in total. The van der Waals surface area contributed by atoms with Crippen molar-refractivity contribution in [1.29, 1.82) is 0 Å². The van der Waals surface area contributed by atoms with Crippen LogP contribution in [0, 0.1) is 0 Å². The number of rotatable bonds is 8. The summed E-state index contributed by atoms with van der Waals surface area (Å²) in [5.41, 5.74) is 6.48. The van der Waals surface area contributed by atoms with E-state index in [-0.39, 0.29) is 18.5 Å². The zero-order chi connectivity index (χ0) is 19.5. The van der Waals surface area contributed by atoms with E-state index in [0.29, 0.717) is 18.5 Å². The summed E-state index contributed by atoms with van der Waals surface area (Å²) >= 11 is 0. The number of carbonyl (C=O) groups excluding carboxylic acids is 2. The molecular formula is C17H24N4O4S. The quantitative estimate of drug-likeness (QED) is 0.695.